The van der Waals surface area contributed by atoms with E-state index >= 15 is 0 Å². The molecule has 0 aliphatic carbocycles. The van der Waals surface area contributed by atoms with Gasteiger partial charge in [-0.15, -0.1) is 0 Å². The second-order valence-electron chi connectivity index (χ2n) is 4.51. The maximum Gasteiger partial charge on any atom is 0.309 e. The molecule has 0 fully saturated rings. The normalized spacial score (nSPS) is 12.1. The zero-order chi connectivity index (χ0) is 11.9. The molecule has 0 rings (SSSR count). The predicted octanol–water partition coefficient (Wildman–Crippen LogP) is 2.94. The van der Waals surface area contributed by atoms with Crippen molar-refractivity contribution in [3.63, 3.8) is 0 Å². The predicted molar refractivity (Wildman–Crippen MR) is 60.9 cm³/mol. The van der Waals surface area contributed by atoms with Crippen LogP contribution in [-0.2, 0) is 9.53 Å². The highest BCUT2D eigenvalue weighted by molar-refractivity contribution is 5.74. The molecule has 0 amide bonds. The SMILES string of the molecule is CCC(CC)(CCOCC(C)C)C(=O)O. The van der Waals surface area contributed by atoms with Gasteiger partial charge in [-0.2, -0.15) is 0 Å². The molecule has 0 saturated heterocycles. The van der Waals surface area contributed by atoms with E-state index in [0.29, 0.717) is 38.4 Å². The van der Waals surface area contributed by atoms with Crippen molar-refractivity contribution in [2.45, 2.75) is 47.0 Å². The summed E-state index contributed by atoms with van der Waals surface area (Å²) in [5, 5.41) is 9.18. The van der Waals surface area contributed by atoms with Gasteiger partial charge in [-0.05, 0) is 25.2 Å². The minimum absolute atomic E-state index is 0.507. The fraction of sp³-hybridized carbons (Fsp3) is 0.917. The molecule has 0 aromatic heterocycles. The first-order valence-corrected chi connectivity index (χ1v) is 5.79. The standard InChI is InChI=1S/C12H24O3/c1-5-12(6-2,11(13)14)7-8-15-9-10(3)4/h10H,5-9H2,1-4H3,(H,13,14). The molecule has 0 radical (unpaired) electrons. The maximum absolute atomic E-state index is 11.2. The van der Waals surface area contributed by atoms with E-state index in [2.05, 4.69) is 13.8 Å². The van der Waals surface area contributed by atoms with Crippen molar-refractivity contribution < 1.29 is 14.6 Å². The van der Waals surface area contributed by atoms with Crippen molar-refractivity contribution in [3.05, 3.63) is 0 Å². The van der Waals surface area contributed by atoms with Gasteiger partial charge >= 0.3 is 5.97 Å². The summed E-state index contributed by atoms with van der Waals surface area (Å²) in [5.74, 6) is -0.187. The number of hydrogen-bond donors (Lipinski definition) is 1. The number of carboxylic acid groups (broad SMARTS) is 1. The number of rotatable bonds is 8. The van der Waals surface area contributed by atoms with E-state index in [1.54, 1.807) is 0 Å². The monoisotopic (exact) mass is 216 g/mol. The zero-order valence-electron chi connectivity index (χ0n) is 10.4. The molecule has 1 N–H and O–H groups in total. The van der Waals surface area contributed by atoms with E-state index in [-0.39, 0.29) is 0 Å². The molecular weight excluding hydrogens is 192 g/mol. The summed E-state index contributed by atoms with van der Waals surface area (Å²) in [5.41, 5.74) is -0.586. The first kappa shape index (κ1) is 14.4. The van der Waals surface area contributed by atoms with E-state index in [0.717, 1.165) is 0 Å². The van der Waals surface area contributed by atoms with E-state index in [4.69, 9.17) is 4.74 Å². The summed E-state index contributed by atoms with van der Waals surface area (Å²) < 4.78 is 5.44. The Balaban J connectivity index is 4.02. The Hall–Kier alpha value is -0.570. The molecule has 3 nitrogen and oxygen atoms in total. The summed E-state index contributed by atoms with van der Waals surface area (Å²) in [4.78, 5) is 11.2. The number of carbonyl (C=O) groups is 1. The third kappa shape index (κ3) is 4.65. The Morgan fingerprint density at radius 2 is 1.87 bits per heavy atom. The summed E-state index contributed by atoms with van der Waals surface area (Å²) in [6, 6.07) is 0. The van der Waals surface area contributed by atoms with Crippen LogP contribution in [0.4, 0.5) is 0 Å². The van der Waals surface area contributed by atoms with Crippen LogP contribution in [0.15, 0.2) is 0 Å². The van der Waals surface area contributed by atoms with Gasteiger partial charge in [-0.25, -0.2) is 0 Å². The molecule has 0 aliphatic heterocycles. The number of hydrogen-bond acceptors (Lipinski definition) is 2. The first-order chi connectivity index (χ1) is 6.98. The molecule has 90 valence electrons. The van der Waals surface area contributed by atoms with Gasteiger partial charge in [0, 0.05) is 13.2 Å². The smallest absolute Gasteiger partial charge is 0.309 e. The Bertz CT molecular complexity index is 183. The fourth-order valence-corrected chi connectivity index (χ4v) is 1.60. The third-order valence-corrected chi connectivity index (χ3v) is 2.98. The molecule has 0 aromatic rings. The fourth-order valence-electron chi connectivity index (χ4n) is 1.60. The average molecular weight is 216 g/mol. The van der Waals surface area contributed by atoms with Crippen LogP contribution >= 0.6 is 0 Å². The lowest BCUT2D eigenvalue weighted by Gasteiger charge is -2.26. The van der Waals surface area contributed by atoms with Crippen LogP contribution in [-0.4, -0.2) is 24.3 Å². The number of carboxylic acids is 1. The molecule has 0 aliphatic rings. The third-order valence-electron chi connectivity index (χ3n) is 2.98. The minimum atomic E-state index is -0.694. The largest absolute Gasteiger partial charge is 0.481 e. The molecule has 0 saturated carbocycles. The molecule has 0 unspecified atom stereocenters. The van der Waals surface area contributed by atoms with Crippen molar-refractivity contribution in [3.8, 4) is 0 Å². The van der Waals surface area contributed by atoms with Crippen LogP contribution in [0.3, 0.4) is 0 Å². The van der Waals surface area contributed by atoms with Crippen LogP contribution in [0.1, 0.15) is 47.0 Å². The van der Waals surface area contributed by atoms with Gasteiger partial charge in [0.1, 0.15) is 0 Å². The summed E-state index contributed by atoms with van der Waals surface area (Å²) in [7, 11) is 0. The molecule has 0 heterocycles. The summed E-state index contributed by atoms with van der Waals surface area (Å²) in [6.45, 7) is 9.30. The van der Waals surface area contributed by atoms with Crippen LogP contribution in [0.5, 0.6) is 0 Å². The van der Waals surface area contributed by atoms with Gasteiger partial charge in [0.25, 0.3) is 0 Å². The quantitative estimate of drug-likeness (QED) is 0.634. The lowest BCUT2D eigenvalue weighted by molar-refractivity contribution is -0.150. The van der Waals surface area contributed by atoms with Crippen molar-refractivity contribution in [2.24, 2.45) is 11.3 Å². The highest BCUT2D eigenvalue weighted by atomic mass is 16.5. The van der Waals surface area contributed by atoms with E-state index in [9.17, 15) is 9.90 Å². The Morgan fingerprint density at radius 3 is 2.20 bits per heavy atom. The van der Waals surface area contributed by atoms with Gasteiger partial charge in [0.15, 0.2) is 0 Å². The van der Waals surface area contributed by atoms with Gasteiger partial charge in [-0.3, -0.25) is 4.79 Å². The maximum atomic E-state index is 11.2. The first-order valence-electron chi connectivity index (χ1n) is 5.79. The zero-order valence-corrected chi connectivity index (χ0v) is 10.4. The molecule has 0 spiro atoms. The highest BCUT2D eigenvalue weighted by Gasteiger charge is 2.34. The topological polar surface area (TPSA) is 46.5 Å². The molecule has 3 heteroatoms. The minimum Gasteiger partial charge on any atom is -0.481 e. The van der Waals surface area contributed by atoms with E-state index < -0.39 is 11.4 Å². The van der Waals surface area contributed by atoms with Crippen molar-refractivity contribution in [1.82, 2.24) is 0 Å². The van der Waals surface area contributed by atoms with Gasteiger partial charge in [0.2, 0.25) is 0 Å². The van der Waals surface area contributed by atoms with Crippen LogP contribution < -0.4 is 0 Å². The van der Waals surface area contributed by atoms with Crippen molar-refractivity contribution in [2.75, 3.05) is 13.2 Å². The van der Waals surface area contributed by atoms with Gasteiger partial charge in [-0.1, -0.05) is 27.7 Å². The lowest BCUT2D eigenvalue weighted by Crippen LogP contribution is -2.31. The molecular formula is C12H24O3. The number of ether oxygens (including phenoxy) is 1. The summed E-state index contributed by atoms with van der Waals surface area (Å²) >= 11 is 0. The average Bonchev–Trinajstić information content (AvgIpc) is 2.18. The Kier molecular flexibility index (Phi) is 6.57. The van der Waals surface area contributed by atoms with Crippen molar-refractivity contribution >= 4 is 5.97 Å². The Morgan fingerprint density at radius 1 is 1.33 bits per heavy atom. The molecule has 0 aromatic carbocycles. The second-order valence-corrected chi connectivity index (χ2v) is 4.51. The molecule has 0 atom stereocenters. The number of aliphatic carboxylic acids is 1. The van der Waals surface area contributed by atoms with Crippen LogP contribution in [0, 0.1) is 11.3 Å². The van der Waals surface area contributed by atoms with Gasteiger partial charge < -0.3 is 9.84 Å². The van der Waals surface area contributed by atoms with Gasteiger partial charge in [0.05, 0.1) is 5.41 Å². The van der Waals surface area contributed by atoms with Crippen LogP contribution in [0.2, 0.25) is 0 Å². The summed E-state index contributed by atoms with van der Waals surface area (Å²) in [6.07, 6.45) is 1.95. The highest BCUT2D eigenvalue weighted by Crippen LogP contribution is 2.30. The molecule has 15 heavy (non-hydrogen) atoms. The van der Waals surface area contributed by atoms with E-state index in [1.165, 1.54) is 0 Å². The lowest BCUT2D eigenvalue weighted by atomic mass is 9.79. The van der Waals surface area contributed by atoms with Crippen LogP contribution in [0.25, 0.3) is 0 Å². The van der Waals surface area contributed by atoms with Crippen molar-refractivity contribution in [1.29, 1.82) is 0 Å². The second kappa shape index (κ2) is 6.83. The molecule has 0 bridgehead atoms. The van der Waals surface area contributed by atoms with E-state index in [1.807, 2.05) is 13.8 Å². The Labute approximate surface area is 92.8 Å².